The zero-order valence-electron chi connectivity index (χ0n) is 16.1. The number of hydrogen-bond acceptors (Lipinski definition) is 4. The van der Waals surface area contributed by atoms with Gasteiger partial charge in [0, 0.05) is 32.7 Å². The fraction of sp³-hybridized carbons (Fsp3) is 0.381. The number of halogens is 2. The van der Waals surface area contributed by atoms with Crippen LogP contribution < -0.4 is 4.74 Å². The molecule has 0 radical (unpaired) electrons. The van der Waals surface area contributed by atoms with E-state index in [0.29, 0.717) is 18.8 Å². The van der Waals surface area contributed by atoms with Gasteiger partial charge in [-0.05, 0) is 36.5 Å². The largest absolute Gasteiger partial charge is 0.492 e. The first-order valence-electron chi connectivity index (χ1n) is 9.74. The van der Waals surface area contributed by atoms with E-state index in [1.165, 1.54) is 0 Å². The first-order chi connectivity index (χ1) is 14.1. The molecule has 5 nitrogen and oxygen atoms in total. The second-order valence-electron chi connectivity index (χ2n) is 7.11. The van der Waals surface area contributed by atoms with Crippen molar-refractivity contribution in [2.45, 2.75) is 13.2 Å². The van der Waals surface area contributed by atoms with Gasteiger partial charge in [-0.3, -0.25) is 14.4 Å². The summed E-state index contributed by atoms with van der Waals surface area (Å²) in [7, 11) is 0. The third-order valence-electron chi connectivity index (χ3n) is 5.29. The number of rotatable bonds is 7. The van der Waals surface area contributed by atoms with Crippen molar-refractivity contribution in [1.82, 2.24) is 18.9 Å². The number of fused-ring (bicyclic) bond motifs is 1. The highest BCUT2D eigenvalue weighted by Crippen LogP contribution is 2.24. The maximum Gasteiger partial charge on any atom is 0.321 e. The molecule has 3 aromatic rings. The van der Waals surface area contributed by atoms with Crippen molar-refractivity contribution in [3.05, 3.63) is 59.4 Å². The second-order valence-corrected chi connectivity index (χ2v) is 7.47. The lowest BCUT2D eigenvalue weighted by atomic mass is 10.3. The molecule has 0 saturated carbocycles. The van der Waals surface area contributed by atoms with E-state index in [4.69, 9.17) is 17.0 Å². The summed E-state index contributed by atoms with van der Waals surface area (Å²) in [6.07, 6.45) is 0. The van der Waals surface area contributed by atoms with Crippen LogP contribution in [0.1, 0.15) is 6.55 Å². The SMILES string of the molecule is FC(F)n1c(=S)n(CN2CCN(CCOc3ccccc3)CC2)c2ccccc21. The molecule has 8 heteroatoms. The number of nitrogens with zero attached hydrogens (tertiary/aromatic N) is 4. The molecule has 1 saturated heterocycles. The molecular weight excluding hydrogens is 394 g/mol. The number of imidazole rings is 1. The molecule has 0 bridgehead atoms. The van der Waals surface area contributed by atoms with Crippen LogP contribution in [0.4, 0.5) is 8.78 Å². The van der Waals surface area contributed by atoms with E-state index in [0.717, 1.165) is 48.6 Å². The third kappa shape index (κ3) is 4.49. The van der Waals surface area contributed by atoms with Gasteiger partial charge in [-0.15, -0.1) is 0 Å². The molecule has 0 atom stereocenters. The summed E-state index contributed by atoms with van der Waals surface area (Å²) in [6.45, 7) is 2.95. The van der Waals surface area contributed by atoms with Crippen LogP contribution >= 0.6 is 12.2 Å². The Labute approximate surface area is 173 Å². The van der Waals surface area contributed by atoms with Crippen LogP contribution in [0.5, 0.6) is 5.75 Å². The van der Waals surface area contributed by atoms with Gasteiger partial charge in [0.15, 0.2) is 4.77 Å². The highest BCUT2D eigenvalue weighted by Gasteiger charge is 2.21. The molecule has 2 heterocycles. The Morgan fingerprint density at radius 1 is 0.862 bits per heavy atom. The van der Waals surface area contributed by atoms with Crippen LogP contribution in [-0.2, 0) is 6.67 Å². The van der Waals surface area contributed by atoms with Crippen LogP contribution in [0.25, 0.3) is 11.0 Å². The predicted molar refractivity (Wildman–Crippen MR) is 112 cm³/mol. The highest BCUT2D eigenvalue weighted by molar-refractivity contribution is 7.71. The monoisotopic (exact) mass is 418 g/mol. The normalized spacial score (nSPS) is 16.0. The van der Waals surface area contributed by atoms with Crippen LogP contribution in [0, 0.1) is 4.77 Å². The molecule has 154 valence electrons. The summed E-state index contributed by atoms with van der Waals surface area (Å²) in [5.74, 6) is 0.885. The summed E-state index contributed by atoms with van der Waals surface area (Å²) < 4.78 is 35.7. The van der Waals surface area contributed by atoms with Crippen LogP contribution in [0.3, 0.4) is 0 Å². The molecule has 29 heavy (non-hydrogen) atoms. The van der Waals surface area contributed by atoms with E-state index in [9.17, 15) is 8.78 Å². The molecule has 0 unspecified atom stereocenters. The van der Waals surface area contributed by atoms with Crippen molar-refractivity contribution in [2.24, 2.45) is 0 Å². The molecule has 0 N–H and O–H groups in total. The first kappa shape index (κ1) is 20.0. The summed E-state index contributed by atoms with van der Waals surface area (Å²) in [6, 6.07) is 17.0. The van der Waals surface area contributed by atoms with Crippen LogP contribution in [0.2, 0.25) is 0 Å². The molecule has 1 fully saturated rings. The molecule has 0 spiro atoms. The number of aromatic nitrogens is 2. The molecule has 4 rings (SSSR count). The van der Waals surface area contributed by atoms with E-state index in [1.807, 2.05) is 47.0 Å². The maximum atomic E-state index is 13.5. The van der Waals surface area contributed by atoms with Gasteiger partial charge in [-0.2, -0.15) is 8.78 Å². The summed E-state index contributed by atoms with van der Waals surface area (Å²) in [5.41, 5.74) is 1.22. The Hall–Kier alpha value is -2.29. The lowest BCUT2D eigenvalue weighted by Gasteiger charge is -2.34. The van der Waals surface area contributed by atoms with E-state index in [2.05, 4.69) is 9.80 Å². The number of hydrogen-bond donors (Lipinski definition) is 0. The summed E-state index contributed by atoms with van der Waals surface area (Å²) >= 11 is 5.36. The minimum Gasteiger partial charge on any atom is -0.492 e. The van der Waals surface area contributed by atoms with Crippen molar-refractivity contribution in [2.75, 3.05) is 39.3 Å². The van der Waals surface area contributed by atoms with Gasteiger partial charge in [-0.25, -0.2) is 0 Å². The van der Waals surface area contributed by atoms with Crippen molar-refractivity contribution in [3.8, 4) is 5.75 Å². The Bertz CT molecular complexity index is 997. The van der Waals surface area contributed by atoms with Crippen molar-refractivity contribution >= 4 is 23.3 Å². The molecular formula is C21H24F2N4OS. The average molecular weight is 419 g/mol. The minimum atomic E-state index is -2.64. The van der Waals surface area contributed by atoms with Crippen molar-refractivity contribution in [3.63, 3.8) is 0 Å². The number of ether oxygens (including phenoxy) is 1. The Balaban J connectivity index is 1.34. The Morgan fingerprint density at radius 3 is 2.17 bits per heavy atom. The quantitative estimate of drug-likeness (QED) is 0.537. The fourth-order valence-electron chi connectivity index (χ4n) is 3.72. The fourth-order valence-corrected chi connectivity index (χ4v) is 4.06. The van der Waals surface area contributed by atoms with E-state index >= 15 is 0 Å². The van der Waals surface area contributed by atoms with E-state index < -0.39 is 6.55 Å². The number of benzene rings is 2. The van der Waals surface area contributed by atoms with Crippen LogP contribution in [0.15, 0.2) is 54.6 Å². The van der Waals surface area contributed by atoms with Crippen molar-refractivity contribution in [1.29, 1.82) is 0 Å². The van der Waals surface area contributed by atoms with Gasteiger partial charge < -0.3 is 9.30 Å². The van der Waals surface area contributed by atoms with Crippen LogP contribution in [-0.4, -0.2) is 58.3 Å². The predicted octanol–water partition coefficient (Wildman–Crippen LogP) is 4.22. The van der Waals surface area contributed by atoms with Gasteiger partial charge in [0.2, 0.25) is 0 Å². The zero-order chi connectivity index (χ0) is 20.2. The van der Waals surface area contributed by atoms with Gasteiger partial charge in [0.1, 0.15) is 12.4 Å². The lowest BCUT2D eigenvalue weighted by molar-refractivity contribution is 0.0696. The number of para-hydroxylation sites is 3. The number of alkyl halides is 2. The maximum absolute atomic E-state index is 13.5. The second kappa shape index (κ2) is 9.02. The molecule has 1 aromatic heterocycles. The number of piperazine rings is 1. The summed E-state index contributed by atoms with van der Waals surface area (Å²) in [5, 5.41) is 0. The molecule has 2 aromatic carbocycles. The molecule has 1 aliphatic rings. The minimum absolute atomic E-state index is 0.167. The van der Waals surface area contributed by atoms with Gasteiger partial charge in [0.25, 0.3) is 0 Å². The van der Waals surface area contributed by atoms with Crippen molar-refractivity contribution < 1.29 is 13.5 Å². The van der Waals surface area contributed by atoms with Gasteiger partial charge in [-0.1, -0.05) is 30.3 Å². The van der Waals surface area contributed by atoms with E-state index in [-0.39, 0.29) is 4.77 Å². The first-order valence-corrected chi connectivity index (χ1v) is 10.1. The van der Waals surface area contributed by atoms with E-state index in [1.54, 1.807) is 12.1 Å². The smallest absolute Gasteiger partial charge is 0.321 e. The van der Waals surface area contributed by atoms with Gasteiger partial charge in [0.05, 0.1) is 17.7 Å². The summed E-state index contributed by atoms with van der Waals surface area (Å²) in [4.78, 5) is 4.62. The average Bonchev–Trinajstić information content (AvgIpc) is 3.02. The Kier molecular flexibility index (Phi) is 6.22. The lowest BCUT2D eigenvalue weighted by Crippen LogP contribution is -2.47. The zero-order valence-corrected chi connectivity index (χ0v) is 16.9. The molecule has 0 amide bonds. The topological polar surface area (TPSA) is 25.6 Å². The van der Waals surface area contributed by atoms with Gasteiger partial charge >= 0.3 is 6.55 Å². The Morgan fingerprint density at radius 2 is 1.48 bits per heavy atom. The highest BCUT2D eigenvalue weighted by atomic mass is 32.1. The molecule has 1 aliphatic heterocycles. The third-order valence-corrected chi connectivity index (χ3v) is 5.71. The standard InChI is InChI=1S/C21H24F2N4OS/c22-20(23)27-19-9-5-4-8-18(19)26(21(27)29)16-25-12-10-24(11-13-25)14-15-28-17-6-2-1-3-7-17/h1-9,20H,10-16H2. The molecule has 0 aliphatic carbocycles.